The van der Waals surface area contributed by atoms with E-state index in [1.165, 1.54) is 98.1 Å². The lowest BCUT2D eigenvalue weighted by Gasteiger charge is -2.20. The fourth-order valence-corrected chi connectivity index (χ4v) is 7.38. The van der Waals surface area contributed by atoms with Crippen molar-refractivity contribution in [3.05, 3.63) is 172 Å². The third-order valence-electron chi connectivity index (χ3n) is 8.53. The Morgan fingerprint density at radius 2 is 0.632 bits per heavy atom. The highest BCUT2D eigenvalue weighted by Gasteiger charge is 2.27. The maximum absolute atomic E-state index is 2.37. The minimum absolute atomic E-state index is 1.32. The molecule has 2 aliphatic rings. The minimum Gasteiger partial charge on any atom is -0.0616 e. The summed E-state index contributed by atoms with van der Waals surface area (Å²) in [6.45, 7) is 13.5. The number of hydrogen-bond acceptors (Lipinski definition) is 0. The standard InChI is InChI=1S/C38H32/c1-21-17-23(3)33(24(4)18-21)35-29-13-9-7-11-27(29)31-15-16-32-28-12-8-10-14-30(28)36(38(32)37(31)35)34-25(5)19-22(2)20-26(34)6/h7-20H,1-6H3. The highest BCUT2D eigenvalue weighted by molar-refractivity contribution is 5.96. The second-order valence-electron chi connectivity index (χ2n) is 11.3. The summed E-state index contributed by atoms with van der Waals surface area (Å²) in [4.78, 5) is 0. The molecule has 0 spiro atoms. The van der Waals surface area contributed by atoms with Gasteiger partial charge in [0.15, 0.2) is 0 Å². The Hall–Kier alpha value is -4.16. The third kappa shape index (κ3) is 3.10. The summed E-state index contributed by atoms with van der Waals surface area (Å²) in [5.74, 6) is 0. The molecule has 0 fully saturated rings. The summed E-state index contributed by atoms with van der Waals surface area (Å²) in [6.07, 6.45) is 0. The van der Waals surface area contributed by atoms with Crippen molar-refractivity contribution in [3.63, 3.8) is 0 Å². The average molecular weight is 489 g/mol. The maximum Gasteiger partial charge on any atom is -0.000743 e. The van der Waals surface area contributed by atoms with Crippen LogP contribution in [0.2, 0.25) is 0 Å². The molecule has 184 valence electrons. The highest BCUT2D eigenvalue weighted by atomic mass is 14.3. The van der Waals surface area contributed by atoms with Gasteiger partial charge in [0.25, 0.3) is 0 Å². The quantitative estimate of drug-likeness (QED) is 0.241. The molecule has 0 nitrogen and oxygen atoms in total. The molecule has 0 aliphatic heterocycles. The van der Waals surface area contributed by atoms with Crippen molar-refractivity contribution in [2.45, 2.75) is 41.5 Å². The summed E-state index contributed by atoms with van der Waals surface area (Å²) in [6, 6.07) is 32.1. The molecule has 7 rings (SSSR count). The van der Waals surface area contributed by atoms with Gasteiger partial charge in [-0.3, -0.25) is 0 Å². The molecule has 0 saturated carbocycles. The molecule has 0 heterocycles. The van der Waals surface area contributed by atoms with Gasteiger partial charge in [0.1, 0.15) is 0 Å². The van der Waals surface area contributed by atoms with E-state index in [9.17, 15) is 0 Å². The summed E-state index contributed by atoms with van der Waals surface area (Å²) in [5, 5.41) is 8.07. The summed E-state index contributed by atoms with van der Waals surface area (Å²) in [5.41, 5.74) is 16.3. The van der Waals surface area contributed by atoms with E-state index in [2.05, 4.69) is 126 Å². The van der Waals surface area contributed by atoms with Gasteiger partial charge in [0.2, 0.25) is 0 Å². The Bertz CT molecular complexity index is 1970. The van der Waals surface area contributed by atoms with E-state index in [1.807, 2.05) is 0 Å². The van der Waals surface area contributed by atoms with Crippen molar-refractivity contribution in [3.8, 4) is 0 Å². The third-order valence-corrected chi connectivity index (χ3v) is 8.53. The van der Waals surface area contributed by atoms with Gasteiger partial charge in [-0.25, -0.2) is 0 Å². The van der Waals surface area contributed by atoms with Crippen LogP contribution < -0.4 is 10.4 Å². The highest BCUT2D eigenvalue weighted by Crippen LogP contribution is 2.40. The van der Waals surface area contributed by atoms with E-state index in [0.29, 0.717) is 0 Å². The molecule has 0 atom stereocenters. The first kappa shape index (κ1) is 23.0. The van der Waals surface area contributed by atoms with Crippen LogP contribution in [0.1, 0.15) is 55.6 Å². The van der Waals surface area contributed by atoms with Gasteiger partial charge in [0.05, 0.1) is 0 Å². The maximum atomic E-state index is 2.37. The van der Waals surface area contributed by atoms with E-state index >= 15 is 0 Å². The van der Waals surface area contributed by atoms with Crippen molar-refractivity contribution in [1.29, 1.82) is 0 Å². The molecule has 2 aliphatic carbocycles. The molecular weight excluding hydrogens is 456 g/mol. The number of fused-ring (bicyclic) bond motifs is 5. The van der Waals surface area contributed by atoms with Gasteiger partial charge < -0.3 is 0 Å². The van der Waals surface area contributed by atoms with Crippen molar-refractivity contribution in [2.24, 2.45) is 0 Å². The zero-order valence-corrected chi connectivity index (χ0v) is 23.1. The lowest BCUT2D eigenvalue weighted by Crippen LogP contribution is -2.12. The molecular formula is C38H32. The summed E-state index contributed by atoms with van der Waals surface area (Å²) >= 11 is 0. The predicted octanol–water partition coefficient (Wildman–Crippen LogP) is 7.23. The lowest BCUT2D eigenvalue weighted by molar-refractivity contribution is 1.27. The van der Waals surface area contributed by atoms with Crippen LogP contribution in [0.25, 0.3) is 11.1 Å². The Morgan fingerprint density at radius 1 is 0.316 bits per heavy atom. The topological polar surface area (TPSA) is 0 Å². The number of aryl methyl sites for hydroxylation is 6. The average Bonchev–Trinajstić information content (AvgIpc) is 3.37. The summed E-state index contributed by atoms with van der Waals surface area (Å²) < 4.78 is 0. The number of benzene rings is 5. The Labute approximate surface area is 224 Å². The van der Waals surface area contributed by atoms with Crippen molar-refractivity contribution in [2.75, 3.05) is 0 Å². The Kier molecular flexibility index (Phi) is 4.94. The van der Waals surface area contributed by atoms with Crippen LogP contribution in [0.15, 0.2) is 84.9 Å². The van der Waals surface area contributed by atoms with Crippen LogP contribution in [0, 0.1) is 62.4 Å². The van der Waals surface area contributed by atoms with E-state index in [1.54, 1.807) is 0 Å². The second-order valence-corrected chi connectivity index (χ2v) is 11.3. The van der Waals surface area contributed by atoms with Gasteiger partial charge in [-0.1, -0.05) is 96.1 Å². The fraction of sp³-hybridized carbons (Fsp3) is 0.158. The Balaban J connectivity index is 1.73. The van der Waals surface area contributed by atoms with Crippen LogP contribution >= 0.6 is 0 Å². The normalized spacial score (nSPS) is 12.9. The number of rotatable bonds is 2. The fourth-order valence-electron chi connectivity index (χ4n) is 7.38. The first-order valence-electron chi connectivity index (χ1n) is 13.6. The van der Waals surface area contributed by atoms with Crippen molar-refractivity contribution < 1.29 is 0 Å². The number of hydrogen-bond donors (Lipinski definition) is 0. The molecule has 38 heavy (non-hydrogen) atoms. The molecule has 0 bridgehead atoms. The molecule has 0 N–H and O–H groups in total. The molecule has 0 aromatic heterocycles. The molecule has 0 saturated heterocycles. The second kappa shape index (κ2) is 8.17. The van der Waals surface area contributed by atoms with Gasteiger partial charge in [-0.15, -0.1) is 0 Å². The van der Waals surface area contributed by atoms with Crippen LogP contribution in [-0.4, -0.2) is 0 Å². The van der Waals surface area contributed by atoms with E-state index in [0.717, 1.165) is 0 Å². The molecule has 5 aromatic rings. The van der Waals surface area contributed by atoms with Gasteiger partial charge in [0, 0.05) is 0 Å². The first-order chi connectivity index (χ1) is 18.3. The predicted molar refractivity (Wildman–Crippen MR) is 158 cm³/mol. The van der Waals surface area contributed by atoms with E-state index < -0.39 is 0 Å². The SMILES string of the molecule is Cc1cc(C)c(C2=c3ccccc3=c3ccc4c(c32)C(c2c(C)cc(C)cc2C)=c2ccccc2=4)c(C)c1. The molecule has 0 heteroatoms. The van der Waals surface area contributed by atoms with E-state index in [-0.39, 0.29) is 0 Å². The molecule has 0 amide bonds. The van der Waals surface area contributed by atoms with Crippen LogP contribution in [0.4, 0.5) is 0 Å². The smallest absolute Gasteiger partial charge is 0.000743 e. The van der Waals surface area contributed by atoms with E-state index in [4.69, 9.17) is 0 Å². The zero-order chi connectivity index (χ0) is 26.3. The molecule has 5 aromatic carbocycles. The van der Waals surface area contributed by atoms with Crippen molar-refractivity contribution in [1.82, 2.24) is 0 Å². The van der Waals surface area contributed by atoms with Gasteiger partial charge in [-0.05, 0) is 129 Å². The zero-order valence-electron chi connectivity index (χ0n) is 23.1. The Morgan fingerprint density at radius 3 is 0.974 bits per heavy atom. The molecule has 0 radical (unpaired) electrons. The van der Waals surface area contributed by atoms with Gasteiger partial charge in [-0.2, -0.15) is 0 Å². The first-order valence-corrected chi connectivity index (χ1v) is 13.6. The minimum atomic E-state index is 1.32. The largest absolute Gasteiger partial charge is 0.0616 e. The van der Waals surface area contributed by atoms with Crippen LogP contribution in [0.3, 0.4) is 0 Å². The van der Waals surface area contributed by atoms with Gasteiger partial charge >= 0.3 is 0 Å². The lowest BCUT2D eigenvalue weighted by atomic mass is 9.83. The molecule has 0 unspecified atom stereocenters. The monoisotopic (exact) mass is 488 g/mol. The van der Waals surface area contributed by atoms with Crippen LogP contribution in [-0.2, 0) is 0 Å². The van der Waals surface area contributed by atoms with Crippen molar-refractivity contribution >= 4 is 11.1 Å². The van der Waals surface area contributed by atoms with Crippen LogP contribution in [0.5, 0.6) is 0 Å². The summed E-state index contributed by atoms with van der Waals surface area (Å²) in [7, 11) is 0.